The first-order valence-electron chi connectivity index (χ1n) is 11.2. The van der Waals surface area contributed by atoms with Crippen molar-refractivity contribution < 1.29 is 18.7 Å². The number of morpholine rings is 1. The van der Waals surface area contributed by atoms with E-state index < -0.39 is 0 Å². The number of ether oxygens (including phenoxy) is 2. The second kappa shape index (κ2) is 10.3. The van der Waals surface area contributed by atoms with Crippen LogP contribution in [0.25, 0.3) is 11.4 Å². The van der Waals surface area contributed by atoms with E-state index in [1.165, 1.54) is 12.1 Å². The van der Waals surface area contributed by atoms with Gasteiger partial charge in [-0.05, 0) is 60.7 Å². The fourth-order valence-electron chi connectivity index (χ4n) is 3.74. The maximum Gasteiger partial charge on any atom is 0.255 e. The summed E-state index contributed by atoms with van der Waals surface area (Å²) in [4.78, 5) is 23.5. The lowest BCUT2D eigenvalue weighted by Gasteiger charge is -2.28. The molecule has 1 amide bonds. The van der Waals surface area contributed by atoms with Gasteiger partial charge in [0.25, 0.3) is 5.91 Å². The molecule has 0 aliphatic carbocycles. The number of aromatic nitrogens is 2. The number of hydrogen-bond donors (Lipinski definition) is 1. The molecule has 35 heavy (non-hydrogen) atoms. The Balaban J connectivity index is 1.21. The quantitative estimate of drug-likeness (QED) is 0.419. The molecule has 0 radical (unpaired) electrons. The van der Waals surface area contributed by atoms with E-state index in [0.29, 0.717) is 28.6 Å². The summed E-state index contributed by atoms with van der Waals surface area (Å²) in [5.41, 5.74) is 2.88. The number of nitrogens with one attached hydrogen (secondary N) is 1. The van der Waals surface area contributed by atoms with Crippen molar-refractivity contribution in [3.05, 3.63) is 96.4 Å². The minimum absolute atomic E-state index is 0.217. The Morgan fingerprint density at radius 3 is 2.49 bits per heavy atom. The SMILES string of the molecule is O=C(Nc1ccc(N2CCOCC2)cc1)c1ccc(Oc2ccnc(-c3cccc(F)c3)n2)cc1. The van der Waals surface area contributed by atoms with Gasteiger partial charge in [0.15, 0.2) is 5.82 Å². The fourth-order valence-corrected chi connectivity index (χ4v) is 3.74. The Morgan fingerprint density at radius 2 is 1.74 bits per heavy atom. The number of carbonyl (C=O) groups excluding carboxylic acids is 1. The van der Waals surface area contributed by atoms with Crippen LogP contribution in [0.5, 0.6) is 11.6 Å². The second-order valence-electron chi connectivity index (χ2n) is 7.96. The van der Waals surface area contributed by atoms with E-state index in [1.54, 1.807) is 48.7 Å². The van der Waals surface area contributed by atoms with Crippen LogP contribution in [0.2, 0.25) is 0 Å². The van der Waals surface area contributed by atoms with Gasteiger partial charge in [-0.25, -0.2) is 9.37 Å². The molecule has 1 saturated heterocycles. The molecule has 7 nitrogen and oxygen atoms in total. The third-order valence-electron chi connectivity index (χ3n) is 5.55. The molecule has 1 fully saturated rings. The summed E-state index contributed by atoms with van der Waals surface area (Å²) in [5.74, 6) is 0.611. The summed E-state index contributed by atoms with van der Waals surface area (Å²) >= 11 is 0. The van der Waals surface area contributed by atoms with Crippen molar-refractivity contribution in [2.45, 2.75) is 0 Å². The van der Waals surface area contributed by atoms with Gasteiger partial charge in [0.2, 0.25) is 5.88 Å². The summed E-state index contributed by atoms with van der Waals surface area (Å²) in [6.45, 7) is 3.18. The number of hydrogen-bond acceptors (Lipinski definition) is 6. The largest absolute Gasteiger partial charge is 0.439 e. The van der Waals surface area contributed by atoms with E-state index in [0.717, 1.165) is 37.7 Å². The number of amides is 1. The smallest absolute Gasteiger partial charge is 0.255 e. The zero-order valence-corrected chi connectivity index (χ0v) is 18.9. The van der Waals surface area contributed by atoms with Crippen LogP contribution in [-0.2, 0) is 4.74 Å². The van der Waals surface area contributed by atoms with Gasteiger partial charge >= 0.3 is 0 Å². The number of benzene rings is 3. The van der Waals surface area contributed by atoms with Crippen LogP contribution >= 0.6 is 0 Å². The predicted octanol–water partition coefficient (Wildman–Crippen LogP) is 5.16. The fraction of sp³-hybridized carbons (Fsp3) is 0.148. The highest BCUT2D eigenvalue weighted by atomic mass is 19.1. The molecule has 0 unspecified atom stereocenters. The van der Waals surface area contributed by atoms with Crippen LogP contribution in [0.3, 0.4) is 0 Å². The molecule has 8 heteroatoms. The zero-order valence-electron chi connectivity index (χ0n) is 18.9. The summed E-state index contributed by atoms with van der Waals surface area (Å²) in [6.07, 6.45) is 1.55. The van der Waals surface area contributed by atoms with Crippen LogP contribution in [0.15, 0.2) is 85.1 Å². The van der Waals surface area contributed by atoms with Crippen molar-refractivity contribution in [2.24, 2.45) is 0 Å². The first-order chi connectivity index (χ1) is 17.1. The molecule has 1 aromatic heterocycles. The molecule has 1 aliphatic heterocycles. The van der Waals surface area contributed by atoms with Crippen LogP contribution in [0.4, 0.5) is 15.8 Å². The number of rotatable bonds is 6. The van der Waals surface area contributed by atoms with Crippen molar-refractivity contribution in [2.75, 3.05) is 36.5 Å². The molecule has 3 aromatic carbocycles. The van der Waals surface area contributed by atoms with Gasteiger partial charge in [0, 0.05) is 47.9 Å². The van der Waals surface area contributed by atoms with Crippen LogP contribution in [-0.4, -0.2) is 42.2 Å². The average Bonchev–Trinajstić information content (AvgIpc) is 2.90. The third kappa shape index (κ3) is 5.62. The van der Waals surface area contributed by atoms with E-state index in [9.17, 15) is 9.18 Å². The Morgan fingerprint density at radius 1 is 0.971 bits per heavy atom. The van der Waals surface area contributed by atoms with Gasteiger partial charge in [0.05, 0.1) is 13.2 Å². The maximum atomic E-state index is 13.5. The molecule has 2 heterocycles. The number of carbonyl (C=O) groups is 1. The van der Waals surface area contributed by atoms with Crippen LogP contribution in [0, 0.1) is 5.82 Å². The summed E-state index contributed by atoms with van der Waals surface area (Å²) in [6, 6.07) is 22.2. The van der Waals surface area contributed by atoms with E-state index in [1.807, 2.05) is 24.3 Å². The van der Waals surface area contributed by atoms with E-state index in [-0.39, 0.29) is 11.7 Å². The normalized spacial score (nSPS) is 13.3. The average molecular weight is 471 g/mol. The molecule has 1 N–H and O–H groups in total. The summed E-state index contributed by atoms with van der Waals surface area (Å²) in [7, 11) is 0. The van der Waals surface area contributed by atoms with Crippen molar-refractivity contribution in [3.63, 3.8) is 0 Å². The first-order valence-corrected chi connectivity index (χ1v) is 11.2. The lowest BCUT2D eigenvalue weighted by atomic mass is 10.2. The Labute approximate surface area is 202 Å². The van der Waals surface area contributed by atoms with Gasteiger partial charge in [-0.2, -0.15) is 4.98 Å². The highest BCUT2D eigenvalue weighted by Crippen LogP contribution is 2.24. The Bertz CT molecular complexity index is 1310. The maximum absolute atomic E-state index is 13.5. The van der Waals surface area contributed by atoms with E-state index in [4.69, 9.17) is 9.47 Å². The minimum Gasteiger partial charge on any atom is -0.439 e. The van der Waals surface area contributed by atoms with Crippen LogP contribution in [0.1, 0.15) is 10.4 Å². The minimum atomic E-state index is -0.362. The molecule has 1 aliphatic rings. The second-order valence-corrected chi connectivity index (χ2v) is 7.96. The molecule has 0 spiro atoms. The molecule has 4 aromatic rings. The van der Waals surface area contributed by atoms with Crippen molar-refractivity contribution in [1.82, 2.24) is 9.97 Å². The monoisotopic (exact) mass is 470 g/mol. The molecule has 5 rings (SSSR count). The van der Waals surface area contributed by atoms with Gasteiger partial charge < -0.3 is 19.7 Å². The topological polar surface area (TPSA) is 76.6 Å². The van der Waals surface area contributed by atoms with Crippen molar-refractivity contribution in [1.29, 1.82) is 0 Å². The lowest BCUT2D eigenvalue weighted by Crippen LogP contribution is -2.36. The van der Waals surface area contributed by atoms with Gasteiger partial charge in [-0.3, -0.25) is 4.79 Å². The Hall–Kier alpha value is -4.30. The Kier molecular flexibility index (Phi) is 6.63. The first kappa shape index (κ1) is 22.5. The van der Waals surface area contributed by atoms with Gasteiger partial charge in [0.1, 0.15) is 11.6 Å². The van der Waals surface area contributed by atoms with Gasteiger partial charge in [-0.15, -0.1) is 0 Å². The molecular formula is C27H23FN4O3. The van der Waals surface area contributed by atoms with E-state index in [2.05, 4.69) is 20.2 Å². The van der Waals surface area contributed by atoms with Crippen molar-refractivity contribution >= 4 is 17.3 Å². The molecule has 0 atom stereocenters. The van der Waals surface area contributed by atoms with Crippen LogP contribution < -0.4 is 15.0 Å². The highest BCUT2D eigenvalue weighted by molar-refractivity contribution is 6.04. The number of anilines is 2. The summed E-state index contributed by atoms with van der Waals surface area (Å²) < 4.78 is 24.7. The standard InChI is InChI=1S/C27H23FN4O3/c28-21-3-1-2-20(18-21)26-29-13-12-25(31-26)35-24-10-4-19(5-11-24)27(33)30-22-6-8-23(9-7-22)32-14-16-34-17-15-32/h1-13,18H,14-17H2,(H,30,33). The lowest BCUT2D eigenvalue weighted by molar-refractivity contribution is 0.102. The van der Waals surface area contributed by atoms with E-state index >= 15 is 0 Å². The highest BCUT2D eigenvalue weighted by Gasteiger charge is 2.12. The number of halogens is 1. The number of nitrogens with zero attached hydrogens (tertiary/aromatic N) is 3. The van der Waals surface area contributed by atoms with Crippen molar-refractivity contribution in [3.8, 4) is 23.0 Å². The molecule has 176 valence electrons. The predicted molar refractivity (Wildman–Crippen MR) is 131 cm³/mol. The molecular weight excluding hydrogens is 447 g/mol. The molecule has 0 bridgehead atoms. The third-order valence-corrected chi connectivity index (χ3v) is 5.55. The summed E-state index contributed by atoms with van der Waals surface area (Å²) in [5, 5.41) is 2.91. The van der Waals surface area contributed by atoms with Gasteiger partial charge in [-0.1, -0.05) is 12.1 Å². The zero-order chi connectivity index (χ0) is 24.0. The molecule has 0 saturated carbocycles.